The SMILES string of the molecule is Cc1nn2c(N3CCC[C@H](O)C3)c3c(nc2c1-c1cccs1)CCC3. The molecule has 25 heavy (non-hydrogen) atoms. The fraction of sp³-hybridized carbons (Fsp3) is 0.474. The Bertz CT molecular complexity index is 931. The number of thiophene rings is 1. The quantitative estimate of drug-likeness (QED) is 0.768. The molecule has 4 heterocycles. The Kier molecular flexibility index (Phi) is 3.57. The lowest BCUT2D eigenvalue weighted by Crippen LogP contribution is -2.40. The van der Waals surface area contributed by atoms with Crippen molar-refractivity contribution in [2.75, 3.05) is 18.0 Å². The van der Waals surface area contributed by atoms with Crippen LogP contribution in [0.15, 0.2) is 17.5 Å². The average Bonchev–Trinajstić information content (AvgIpc) is 3.31. The highest BCUT2D eigenvalue weighted by molar-refractivity contribution is 7.13. The van der Waals surface area contributed by atoms with Gasteiger partial charge in [-0.05, 0) is 50.5 Å². The van der Waals surface area contributed by atoms with Gasteiger partial charge < -0.3 is 10.0 Å². The number of anilines is 1. The minimum absolute atomic E-state index is 0.248. The lowest BCUT2D eigenvalue weighted by atomic mass is 10.1. The van der Waals surface area contributed by atoms with E-state index in [0.717, 1.165) is 55.6 Å². The number of rotatable bonds is 2. The Morgan fingerprint density at radius 3 is 3.00 bits per heavy atom. The van der Waals surface area contributed by atoms with E-state index in [0.29, 0.717) is 6.54 Å². The van der Waals surface area contributed by atoms with E-state index in [-0.39, 0.29) is 6.10 Å². The van der Waals surface area contributed by atoms with Crippen molar-refractivity contribution >= 4 is 22.8 Å². The number of β-amino-alcohol motifs (C(OH)–C–C–N with tert-alkyl or cyclic N) is 1. The third-order valence-corrected chi connectivity index (χ3v) is 6.29. The highest BCUT2D eigenvalue weighted by atomic mass is 32.1. The molecule has 5 rings (SSSR count). The van der Waals surface area contributed by atoms with Gasteiger partial charge in [0.15, 0.2) is 5.65 Å². The summed E-state index contributed by atoms with van der Waals surface area (Å²) in [5.74, 6) is 1.17. The van der Waals surface area contributed by atoms with Crippen molar-refractivity contribution in [1.82, 2.24) is 14.6 Å². The van der Waals surface area contributed by atoms with Gasteiger partial charge in [-0.1, -0.05) is 6.07 Å². The molecular weight excluding hydrogens is 332 g/mol. The number of aryl methyl sites for hydroxylation is 2. The van der Waals surface area contributed by atoms with Gasteiger partial charge in [-0.25, -0.2) is 4.98 Å². The maximum atomic E-state index is 10.2. The van der Waals surface area contributed by atoms with Crippen molar-refractivity contribution in [2.45, 2.75) is 45.1 Å². The van der Waals surface area contributed by atoms with E-state index in [9.17, 15) is 5.11 Å². The number of fused-ring (bicyclic) bond motifs is 2. The van der Waals surface area contributed by atoms with Crippen LogP contribution in [0.3, 0.4) is 0 Å². The summed E-state index contributed by atoms with van der Waals surface area (Å²) in [4.78, 5) is 8.58. The van der Waals surface area contributed by atoms with Gasteiger partial charge in [-0.2, -0.15) is 9.61 Å². The maximum Gasteiger partial charge on any atom is 0.166 e. The predicted molar refractivity (Wildman–Crippen MR) is 101 cm³/mol. The van der Waals surface area contributed by atoms with Crippen LogP contribution in [0, 0.1) is 6.92 Å². The monoisotopic (exact) mass is 354 g/mol. The smallest absolute Gasteiger partial charge is 0.166 e. The molecule has 0 saturated carbocycles. The summed E-state index contributed by atoms with van der Waals surface area (Å²) < 4.78 is 2.05. The van der Waals surface area contributed by atoms with Crippen LogP contribution in [0.1, 0.15) is 36.2 Å². The summed E-state index contributed by atoms with van der Waals surface area (Å²) in [5.41, 5.74) is 5.71. The molecule has 0 amide bonds. The second kappa shape index (κ2) is 5.81. The Hall–Kier alpha value is -1.92. The molecule has 5 nitrogen and oxygen atoms in total. The van der Waals surface area contributed by atoms with Crippen molar-refractivity contribution < 1.29 is 5.11 Å². The lowest BCUT2D eigenvalue weighted by molar-refractivity contribution is 0.153. The molecule has 3 aromatic heterocycles. The molecule has 0 spiro atoms. The van der Waals surface area contributed by atoms with Gasteiger partial charge in [-0.3, -0.25) is 0 Å². The maximum absolute atomic E-state index is 10.2. The molecule has 2 aliphatic rings. The van der Waals surface area contributed by atoms with Gasteiger partial charge in [0.1, 0.15) is 5.82 Å². The zero-order valence-electron chi connectivity index (χ0n) is 14.4. The van der Waals surface area contributed by atoms with Crippen molar-refractivity contribution in [3.63, 3.8) is 0 Å². The second-order valence-electron chi connectivity index (χ2n) is 7.13. The Balaban J connectivity index is 1.77. The number of aliphatic hydroxyl groups is 1. The molecule has 0 aromatic carbocycles. The summed E-state index contributed by atoms with van der Waals surface area (Å²) in [7, 11) is 0. The molecule has 6 heteroatoms. The van der Waals surface area contributed by atoms with Crippen LogP contribution in [-0.2, 0) is 12.8 Å². The third-order valence-electron chi connectivity index (χ3n) is 5.40. The van der Waals surface area contributed by atoms with Gasteiger partial charge >= 0.3 is 0 Å². The van der Waals surface area contributed by atoms with Gasteiger partial charge in [-0.15, -0.1) is 11.3 Å². The van der Waals surface area contributed by atoms with Crippen LogP contribution in [0.5, 0.6) is 0 Å². The van der Waals surface area contributed by atoms with E-state index in [1.807, 2.05) is 4.52 Å². The Morgan fingerprint density at radius 2 is 2.20 bits per heavy atom. The molecule has 1 saturated heterocycles. The molecule has 0 radical (unpaired) electrons. The number of piperidine rings is 1. The number of hydrogen-bond acceptors (Lipinski definition) is 5. The van der Waals surface area contributed by atoms with Gasteiger partial charge in [0, 0.05) is 29.2 Å². The largest absolute Gasteiger partial charge is 0.391 e. The van der Waals surface area contributed by atoms with Crippen molar-refractivity contribution in [3.05, 3.63) is 34.5 Å². The summed E-state index contributed by atoms with van der Waals surface area (Å²) >= 11 is 1.74. The number of aromatic nitrogens is 3. The fourth-order valence-electron chi connectivity index (χ4n) is 4.29. The minimum atomic E-state index is -0.248. The van der Waals surface area contributed by atoms with E-state index >= 15 is 0 Å². The summed E-state index contributed by atoms with van der Waals surface area (Å²) in [6, 6.07) is 4.23. The minimum Gasteiger partial charge on any atom is -0.391 e. The number of aliphatic hydroxyl groups excluding tert-OH is 1. The fourth-order valence-corrected chi connectivity index (χ4v) is 5.11. The van der Waals surface area contributed by atoms with Crippen LogP contribution in [-0.4, -0.2) is 38.9 Å². The summed E-state index contributed by atoms with van der Waals surface area (Å²) in [5, 5.41) is 17.2. The zero-order valence-corrected chi connectivity index (χ0v) is 15.2. The molecule has 130 valence electrons. The van der Waals surface area contributed by atoms with Crippen LogP contribution >= 0.6 is 11.3 Å². The van der Waals surface area contributed by atoms with Crippen LogP contribution in [0.2, 0.25) is 0 Å². The summed E-state index contributed by atoms with van der Waals surface area (Å²) in [6.45, 7) is 3.75. The first kappa shape index (κ1) is 15.3. The first-order chi connectivity index (χ1) is 12.2. The van der Waals surface area contributed by atoms with Crippen molar-refractivity contribution in [1.29, 1.82) is 0 Å². The van der Waals surface area contributed by atoms with Crippen LogP contribution < -0.4 is 4.90 Å². The standard InChI is InChI=1S/C19H22N4OS/c1-12-17(16-8-4-10-25-16)18-20-15-7-2-6-14(15)19(23(18)21-12)22-9-3-5-13(24)11-22/h4,8,10,13,24H,2-3,5-7,9,11H2,1H3/t13-/m0/s1. The van der Waals surface area contributed by atoms with Crippen LogP contribution in [0.4, 0.5) is 5.82 Å². The van der Waals surface area contributed by atoms with E-state index in [1.54, 1.807) is 11.3 Å². The van der Waals surface area contributed by atoms with Gasteiger partial charge in [0.05, 0.1) is 17.4 Å². The van der Waals surface area contributed by atoms with E-state index in [1.165, 1.54) is 22.0 Å². The molecule has 1 fully saturated rings. The highest BCUT2D eigenvalue weighted by Crippen LogP contribution is 2.37. The van der Waals surface area contributed by atoms with E-state index in [4.69, 9.17) is 10.1 Å². The van der Waals surface area contributed by atoms with Crippen molar-refractivity contribution in [3.8, 4) is 10.4 Å². The Morgan fingerprint density at radius 1 is 1.28 bits per heavy atom. The molecule has 1 aliphatic carbocycles. The molecule has 1 aliphatic heterocycles. The average molecular weight is 354 g/mol. The van der Waals surface area contributed by atoms with E-state index < -0.39 is 0 Å². The highest BCUT2D eigenvalue weighted by Gasteiger charge is 2.29. The molecule has 0 unspecified atom stereocenters. The van der Waals surface area contributed by atoms with E-state index in [2.05, 4.69) is 29.3 Å². The normalized spacial score (nSPS) is 20.4. The first-order valence-corrected chi connectivity index (χ1v) is 9.98. The molecule has 3 aromatic rings. The summed E-state index contributed by atoms with van der Waals surface area (Å²) in [6.07, 6.45) is 4.94. The lowest BCUT2D eigenvalue weighted by Gasteiger charge is -2.33. The van der Waals surface area contributed by atoms with Gasteiger partial charge in [0.25, 0.3) is 0 Å². The second-order valence-corrected chi connectivity index (χ2v) is 8.08. The number of nitrogens with zero attached hydrogens (tertiary/aromatic N) is 4. The Labute approximate surface area is 150 Å². The molecule has 0 bridgehead atoms. The number of hydrogen-bond donors (Lipinski definition) is 1. The van der Waals surface area contributed by atoms with Crippen LogP contribution in [0.25, 0.3) is 16.1 Å². The predicted octanol–water partition coefficient (Wildman–Crippen LogP) is 3.22. The molecule has 1 N–H and O–H groups in total. The molecular formula is C19H22N4OS. The van der Waals surface area contributed by atoms with Crippen molar-refractivity contribution in [2.24, 2.45) is 0 Å². The third kappa shape index (κ3) is 2.39. The first-order valence-electron chi connectivity index (χ1n) is 9.10. The molecule has 1 atom stereocenters. The zero-order chi connectivity index (χ0) is 17.0. The van der Waals surface area contributed by atoms with Gasteiger partial charge in [0.2, 0.25) is 0 Å². The topological polar surface area (TPSA) is 53.7 Å².